The molecule has 1 rings (SSSR count). The molecular weight excluding hydrogens is 140 g/mol. The number of rotatable bonds is 2. The van der Waals surface area contributed by atoms with Crippen LogP contribution in [0.1, 0.15) is 12.8 Å². The summed E-state index contributed by atoms with van der Waals surface area (Å²) in [7, 11) is 3.01. The molecule has 0 unspecified atom stereocenters. The summed E-state index contributed by atoms with van der Waals surface area (Å²) < 4.78 is 2.30. The van der Waals surface area contributed by atoms with Crippen LogP contribution in [0.25, 0.3) is 0 Å². The van der Waals surface area contributed by atoms with Crippen molar-refractivity contribution in [3.8, 4) is 0 Å². The highest BCUT2D eigenvalue weighted by Crippen LogP contribution is 2.24. The van der Waals surface area contributed by atoms with Crippen LogP contribution in [0.3, 0.4) is 0 Å². The van der Waals surface area contributed by atoms with Gasteiger partial charge in [0.2, 0.25) is 0 Å². The maximum atomic E-state index is 5.25. The Bertz CT molecular complexity index is 63.1. The maximum absolute atomic E-state index is 5.25. The first kappa shape index (κ1) is 6.74. The lowest BCUT2D eigenvalue weighted by molar-refractivity contribution is 0.593. The van der Waals surface area contributed by atoms with Gasteiger partial charge in [0.05, 0.1) is 0 Å². The van der Waals surface area contributed by atoms with Crippen LogP contribution < -0.4 is 5.14 Å². The summed E-state index contributed by atoms with van der Waals surface area (Å²) in [4.78, 5) is 0. The molecule has 1 saturated heterocycles. The first-order valence-corrected chi connectivity index (χ1v) is 4.89. The molecule has 0 amide bonds. The van der Waals surface area contributed by atoms with E-state index in [9.17, 15) is 0 Å². The van der Waals surface area contributed by atoms with E-state index in [1.807, 2.05) is 0 Å². The Morgan fingerprint density at radius 2 is 1.88 bits per heavy atom. The maximum Gasteiger partial charge on any atom is 0.00981 e. The smallest absolute Gasteiger partial charge is 0.00981 e. The molecule has 1 heterocycles. The Hall–Kier alpha value is 0.620. The van der Waals surface area contributed by atoms with Crippen LogP contribution in [0.4, 0.5) is 0 Å². The van der Waals surface area contributed by atoms with E-state index in [0.29, 0.717) is 0 Å². The molecule has 1 aliphatic heterocycles. The first-order chi connectivity index (χ1) is 3.93. The summed E-state index contributed by atoms with van der Waals surface area (Å²) >= 11 is 0. The molecule has 48 valence electrons. The summed E-state index contributed by atoms with van der Waals surface area (Å²) in [5.41, 5.74) is 0. The normalized spacial score (nSPS) is 22.1. The monoisotopic (exact) mass is 150 g/mol. The zero-order chi connectivity index (χ0) is 5.82. The molecule has 1 fully saturated rings. The van der Waals surface area contributed by atoms with E-state index < -0.39 is 0 Å². The van der Waals surface area contributed by atoms with E-state index in [1.165, 1.54) is 36.9 Å². The molecular formula is C4H10N2S2. The van der Waals surface area contributed by atoms with Gasteiger partial charge in [-0.05, 0) is 12.8 Å². The number of hydrogen-bond acceptors (Lipinski definition) is 4. The molecule has 0 atom stereocenters. The van der Waals surface area contributed by atoms with Crippen molar-refractivity contribution in [1.82, 2.24) is 4.31 Å². The average Bonchev–Trinajstić information content (AvgIpc) is 2.19. The molecule has 0 aromatic heterocycles. The third kappa shape index (κ3) is 1.85. The second kappa shape index (κ2) is 3.61. The average molecular weight is 150 g/mol. The van der Waals surface area contributed by atoms with Crippen molar-refractivity contribution < 1.29 is 0 Å². The lowest BCUT2D eigenvalue weighted by Crippen LogP contribution is -2.07. The van der Waals surface area contributed by atoms with Crippen molar-refractivity contribution in [3.05, 3.63) is 0 Å². The van der Waals surface area contributed by atoms with E-state index in [-0.39, 0.29) is 0 Å². The van der Waals surface area contributed by atoms with Gasteiger partial charge in [-0.1, -0.05) is 0 Å². The lowest BCUT2D eigenvalue weighted by atomic mass is 10.4. The van der Waals surface area contributed by atoms with Gasteiger partial charge in [-0.2, -0.15) is 0 Å². The highest BCUT2D eigenvalue weighted by molar-refractivity contribution is 8.74. The van der Waals surface area contributed by atoms with Gasteiger partial charge in [0.1, 0.15) is 0 Å². The molecule has 1 aliphatic rings. The Balaban J connectivity index is 2.06. The minimum absolute atomic E-state index is 1.22. The fourth-order valence-electron chi connectivity index (χ4n) is 0.824. The van der Waals surface area contributed by atoms with Crippen molar-refractivity contribution in [3.63, 3.8) is 0 Å². The van der Waals surface area contributed by atoms with Gasteiger partial charge in [-0.15, -0.1) is 0 Å². The van der Waals surface area contributed by atoms with Crippen LogP contribution in [-0.2, 0) is 0 Å². The van der Waals surface area contributed by atoms with Crippen molar-refractivity contribution in [2.24, 2.45) is 5.14 Å². The largest absolute Gasteiger partial charge is 0.267 e. The molecule has 0 aliphatic carbocycles. The minimum Gasteiger partial charge on any atom is -0.267 e. The topological polar surface area (TPSA) is 29.3 Å². The molecule has 0 saturated carbocycles. The van der Waals surface area contributed by atoms with Gasteiger partial charge in [-0.3, -0.25) is 5.14 Å². The molecule has 8 heavy (non-hydrogen) atoms. The summed E-state index contributed by atoms with van der Waals surface area (Å²) in [5.74, 6) is 0. The third-order valence-corrected chi connectivity index (χ3v) is 2.77. The van der Waals surface area contributed by atoms with Crippen LogP contribution in [-0.4, -0.2) is 17.4 Å². The van der Waals surface area contributed by atoms with Gasteiger partial charge < -0.3 is 0 Å². The van der Waals surface area contributed by atoms with Gasteiger partial charge in [0.15, 0.2) is 0 Å². The van der Waals surface area contributed by atoms with Crippen molar-refractivity contribution in [2.45, 2.75) is 12.8 Å². The van der Waals surface area contributed by atoms with Crippen LogP contribution in [0.5, 0.6) is 0 Å². The summed E-state index contributed by atoms with van der Waals surface area (Å²) in [5, 5.41) is 5.25. The van der Waals surface area contributed by atoms with Crippen molar-refractivity contribution in [1.29, 1.82) is 0 Å². The van der Waals surface area contributed by atoms with E-state index in [4.69, 9.17) is 5.14 Å². The second-order valence-electron chi connectivity index (χ2n) is 1.81. The van der Waals surface area contributed by atoms with Crippen LogP contribution in [0.15, 0.2) is 0 Å². The molecule has 4 heteroatoms. The highest BCUT2D eigenvalue weighted by Gasteiger charge is 2.10. The molecule has 2 nitrogen and oxygen atoms in total. The number of nitrogens with two attached hydrogens (primary N) is 1. The minimum atomic E-state index is 1.22. The van der Waals surface area contributed by atoms with E-state index in [1.54, 1.807) is 11.0 Å². The molecule has 2 N–H and O–H groups in total. The van der Waals surface area contributed by atoms with E-state index in [0.717, 1.165) is 0 Å². The zero-order valence-electron chi connectivity index (χ0n) is 4.67. The third-order valence-electron chi connectivity index (χ3n) is 1.21. The fourth-order valence-corrected chi connectivity index (χ4v) is 2.16. The van der Waals surface area contributed by atoms with E-state index >= 15 is 0 Å². The molecule has 0 aromatic rings. The predicted octanol–water partition coefficient (Wildman–Crippen LogP) is 1.25. The summed E-state index contributed by atoms with van der Waals surface area (Å²) in [6.07, 6.45) is 2.68. The Labute approximate surface area is 57.8 Å². The van der Waals surface area contributed by atoms with Crippen LogP contribution in [0.2, 0.25) is 0 Å². The second-order valence-corrected chi connectivity index (χ2v) is 3.69. The van der Waals surface area contributed by atoms with Crippen LogP contribution in [0, 0.1) is 0 Å². The van der Waals surface area contributed by atoms with E-state index in [2.05, 4.69) is 4.31 Å². The summed E-state index contributed by atoms with van der Waals surface area (Å²) in [6, 6.07) is 0. The molecule has 0 bridgehead atoms. The van der Waals surface area contributed by atoms with Gasteiger partial charge in [-0.25, -0.2) is 4.31 Å². The Kier molecular flexibility index (Phi) is 3.04. The molecule has 0 aromatic carbocycles. The molecule has 0 spiro atoms. The highest BCUT2D eigenvalue weighted by atomic mass is 33.1. The quantitative estimate of drug-likeness (QED) is 0.474. The van der Waals surface area contributed by atoms with Crippen molar-refractivity contribution in [2.75, 3.05) is 13.1 Å². The lowest BCUT2D eigenvalue weighted by Gasteiger charge is -2.08. The molecule has 0 radical (unpaired) electrons. The van der Waals surface area contributed by atoms with Crippen molar-refractivity contribution >= 4 is 22.0 Å². The first-order valence-electron chi connectivity index (χ1n) is 2.72. The van der Waals surface area contributed by atoms with Gasteiger partial charge >= 0.3 is 0 Å². The number of nitrogens with zero attached hydrogens (tertiary/aromatic N) is 1. The standard InChI is InChI=1S/C4H10N2S2/c5-7-8-6-3-1-2-4-6/h1-5H2. The number of hydrogen-bond donors (Lipinski definition) is 1. The predicted molar refractivity (Wildman–Crippen MR) is 40.2 cm³/mol. The Morgan fingerprint density at radius 1 is 1.25 bits per heavy atom. The Morgan fingerprint density at radius 3 is 2.38 bits per heavy atom. The van der Waals surface area contributed by atoms with Crippen LogP contribution >= 0.6 is 22.0 Å². The zero-order valence-corrected chi connectivity index (χ0v) is 6.30. The summed E-state index contributed by atoms with van der Waals surface area (Å²) in [6.45, 7) is 2.43. The van der Waals surface area contributed by atoms with Gasteiger partial charge in [0, 0.05) is 35.0 Å². The SMILES string of the molecule is NSSN1CCCC1. The fraction of sp³-hybridized carbons (Fsp3) is 1.00. The van der Waals surface area contributed by atoms with Gasteiger partial charge in [0.25, 0.3) is 0 Å².